The van der Waals surface area contributed by atoms with Crippen molar-refractivity contribution in [3.63, 3.8) is 0 Å². The van der Waals surface area contributed by atoms with Crippen molar-refractivity contribution in [3.8, 4) is 0 Å². The Balaban J connectivity index is 1.23. The van der Waals surface area contributed by atoms with E-state index in [2.05, 4.69) is 22.9 Å². The van der Waals surface area contributed by atoms with Crippen molar-refractivity contribution in [1.29, 1.82) is 0 Å². The predicted molar refractivity (Wildman–Crippen MR) is 136 cm³/mol. The third-order valence-electron chi connectivity index (χ3n) is 6.58. The summed E-state index contributed by atoms with van der Waals surface area (Å²) in [5.74, 6) is 0.307. The first kappa shape index (κ1) is 24.7. The number of hydrogen-bond acceptors (Lipinski definition) is 5. The van der Waals surface area contributed by atoms with Gasteiger partial charge in [-0.2, -0.15) is 0 Å². The summed E-state index contributed by atoms with van der Waals surface area (Å²) >= 11 is 0. The van der Waals surface area contributed by atoms with Crippen molar-refractivity contribution in [2.75, 3.05) is 43.4 Å². The number of ether oxygens (including phenoxy) is 1. The van der Waals surface area contributed by atoms with Crippen molar-refractivity contribution >= 4 is 29.1 Å². The largest absolute Gasteiger partial charge is 0.376 e. The Labute approximate surface area is 206 Å². The molecule has 0 radical (unpaired) electrons. The molecule has 0 spiro atoms. The lowest BCUT2D eigenvalue weighted by Gasteiger charge is -2.30. The molecule has 0 aliphatic carbocycles. The zero-order chi connectivity index (χ0) is 24.6. The number of benzene rings is 2. The summed E-state index contributed by atoms with van der Waals surface area (Å²) in [6, 6.07) is 14.1. The Morgan fingerprint density at radius 3 is 2.46 bits per heavy atom. The van der Waals surface area contributed by atoms with Crippen molar-refractivity contribution in [2.45, 2.75) is 38.7 Å². The van der Waals surface area contributed by atoms with Crippen molar-refractivity contribution in [3.05, 3.63) is 59.7 Å². The molecule has 2 fully saturated rings. The van der Waals surface area contributed by atoms with E-state index in [1.54, 1.807) is 36.4 Å². The van der Waals surface area contributed by atoms with Crippen LogP contribution in [0.5, 0.6) is 0 Å². The SMILES string of the molecule is CC1CCN(C(=O)c2ccc(NCC(=O)Nc3cccc(C(=O)NCC4CCCO4)c3)cc2)CC1. The van der Waals surface area contributed by atoms with Gasteiger partial charge in [0.25, 0.3) is 11.8 Å². The van der Waals surface area contributed by atoms with E-state index in [4.69, 9.17) is 4.74 Å². The van der Waals surface area contributed by atoms with Gasteiger partial charge in [-0.15, -0.1) is 0 Å². The standard InChI is InChI=1S/C27H34N4O4/c1-19-11-13-31(14-12-19)27(34)20-7-9-22(10-8-20)28-18-25(32)30-23-5-2-4-21(16-23)26(33)29-17-24-6-3-15-35-24/h2,4-5,7-10,16,19,24,28H,3,6,11-15,17-18H2,1H3,(H,29,33)(H,30,32). The maximum absolute atomic E-state index is 12.7. The van der Waals surface area contributed by atoms with Crippen LogP contribution < -0.4 is 16.0 Å². The predicted octanol–water partition coefficient (Wildman–Crippen LogP) is 3.52. The summed E-state index contributed by atoms with van der Waals surface area (Å²) in [6.07, 6.45) is 4.15. The fraction of sp³-hybridized carbons (Fsp3) is 0.444. The summed E-state index contributed by atoms with van der Waals surface area (Å²) in [7, 11) is 0. The summed E-state index contributed by atoms with van der Waals surface area (Å²) in [5, 5.41) is 8.78. The molecule has 0 saturated carbocycles. The van der Waals surface area contributed by atoms with Crippen LogP contribution in [0.2, 0.25) is 0 Å². The number of rotatable bonds is 8. The van der Waals surface area contributed by atoms with Crippen LogP contribution in [0.3, 0.4) is 0 Å². The first-order chi connectivity index (χ1) is 17.0. The van der Waals surface area contributed by atoms with Gasteiger partial charge < -0.3 is 25.6 Å². The van der Waals surface area contributed by atoms with Crippen LogP contribution in [-0.4, -0.2) is 61.5 Å². The van der Waals surface area contributed by atoms with E-state index >= 15 is 0 Å². The van der Waals surface area contributed by atoms with Crippen LogP contribution in [0, 0.1) is 5.92 Å². The second kappa shape index (κ2) is 11.8. The molecule has 186 valence electrons. The van der Waals surface area contributed by atoms with Crippen LogP contribution in [0.15, 0.2) is 48.5 Å². The molecule has 8 heteroatoms. The van der Waals surface area contributed by atoms with E-state index in [1.165, 1.54) is 0 Å². The number of hydrogen-bond donors (Lipinski definition) is 3. The van der Waals surface area contributed by atoms with Gasteiger partial charge >= 0.3 is 0 Å². The second-order valence-corrected chi connectivity index (χ2v) is 9.38. The number of anilines is 2. The molecular formula is C27H34N4O4. The first-order valence-corrected chi connectivity index (χ1v) is 12.4. The summed E-state index contributed by atoms with van der Waals surface area (Å²) in [4.78, 5) is 39.4. The average molecular weight is 479 g/mol. The number of nitrogens with one attached hydrogen (secondary N) is 3. The number of piperidine rings is 1. The van der Waals surface area contributed by atoms with Gasteiger partial charge in [0, 0.05) is 48.7 Å². The second-order valence-electron chi connectivity index (χ2n) is 9.38. The molecule has 2 aliphatic rings. The maximum atomic E-state index is 12.7. The quantitative estimate of drug-likeness (QED) is 0.539. The van der Waals surface area contributed by atoms with Gasteiger partial charge in [0.1, 0.15) is 0 Å². The van der Waals surface area contributed by atoms with Gasteiger partial charge in [-0.25, -0.2) is 0 Å². The minimum Gasteiger partial charge on any atom is -0.376 e. The van der Waals surface area contributed by atoms with Gasteiger partial charge in [0.05, 0.1) is 12.6 Å². The zero-order valence-corrected chi connectivity index (χ0v) is 20.2. The number of carbonyl (C=O) groups excluding carboxylic acids is 3. The molecule has 2 heterocycles. The monoisotopic (exact) mass is 478 g/mol. The lowest BCUT2D eigenvalue weighted by atomic mass is 9.98. The van der Waals surface area contributed by atoms with Crippen LogP contribution in [0.4, 0.5) is 11.4 Å². The van der Waals surface area contributed by atoms with Crippen LogP contribution >= 0.6 is 0 Å². The van der Waals surface area contributed by atoms with Crippen LogP contribution in [0.25, 0.3) is 0 Å². The molecule has 8 nitrogen and oxygen atoms in total. The van der Waals surface area contributed by atoms with E-state index in [9.17, 15) is 14.4 Å². The van der Waals surface area contributed by atoms with E-state index in [0.717, 1.165) is 51.1 Å². The van der Waals surface area contributed by atoms with Gasteiger partial charge in [-0.05, 0) is 74.1 Å². The molecule has 4 rings (SSSR count). The van der Waals surface area contributed by atoms with Gasteiger partial charge in [0.15, 0.2) is 0 Å². The highest BCUT2D eigenvalue weighted by Gasteiger charge is 2.21. The minimum absolute atomic E-state index is 0.0564. The van der Waals surface area contributed by atoms with Gasteiger partial charge in [-0.3, -0.25) is 14.4 Å². The fourth-order valence-electron chi connectivity index (χ4n) is 4.36. The number of amides is 3. The lowest BCUT2D eigenvalue weighted by molar-refractivity contribution is -0.114. The van der Waals surface area contributed by atoms with E-state index < -0.39 is 0 Å². The smallest absolute Gasteiger partial charge is 0.253 e. The highest BCUT2D eigenvalue weighted by Crippen LogP contribution is 2.19. The Morgan fingerprint density at radius 2 is 1.74 bits per heavy atom. The molecule has 2 aromatic rings. The molecule has 2 aliphatic heterocycles. The minimum atomic E-state index is -0.232. The Bertz CT molecular complexity index is 1030. The van der Waals surface area contributed by atoms with E-state index in [-0.39, 0.29) is 30.4 Å². The third-order valence-corrected chi connectivity index (χ3v) is 6.58. The molecule has 1 atom stereocenters. The average Bonchev–Trinajstić information content (AvgIpc) is 3.40. The summed E-state index contributed by atoms with van der Waals surface area (Å²) in [6.45, 7) is 5.12. The molecule has 1 unspecified atom stereocenters. The summed E-state index contributed by atoms with van der Waals surface area (Å²) in [5.41, 5.74) is 2.45. The summed E-state index contributed by atoms with van der Waals surface area (Å²) < 4.78 is 5.53. The number of carbonyl (C=O) groups is 3. The molecule has 0 aromatic heterocycles. The first-order valence-electron chi connectivity index (χ1n) is 12.4. The molecule has 2 saturated heterocycles. The normalized spacial score (nSPS) is 18.2. The van der Waals surface area contributed by atoms with Crippen molar-refractivity contribution < 1.29 is 19.1 Å². The molecule has 35 heavy (non-hydrogen) atoms. The number of likely N-dealkylation sites (tertiary alicyclic amines) is 1. The van der Waals surface area contributed by atoms with Crippen molar-refractivity contribution in [1.82, 2.24) is 10.2 Å². The Morgan fingerprint density at radius 1 is 0.971 bits per heavy atom. The van der Waals surface area contributed by atoms with Crippen LogP contribution in [0.1, 0.15) is 53.3 Å². The van der Waals surface area contributed by atoms with E-state index in [0.29, 0.717) is 29.3 Å². The van der Waals surface area contributed by atoms with Gasteiger partial charge in [0.2, 0.25) is 5.91 Å². The molecule has 3 amide bonds. The third kappa shape index (κ3) is 7.05. The number of nitrogens with zero attached hydrogens (tertiary/aromatic N) is 1. The van der Waals surface area contributed by atoms with Gasteiger partial charge in [-0.1, -0.05) is 13.0 Å². The van der Waals surface area contributed by atoms with Crippen molar-refractivity contribution in [2.24, 2.45) is 5.92 Å². The molecular weight excluding hydrogens is 444 g/mol. The zero-order valence-electron chi connectivity index (χ0n) is 20.2. The fourth-order valence-corrected chi connectivity index (χ4v) is 4.36. The van der Waals surface area contributed by atoms with Crippen LogP contribution in [-0.2, 0) is 9.53 Å². The highest BCUT2D eigenvalue weighted by atomic mass is 16.5. The topological polar surface area (TPSA) is 99.8 Å². The maximum Gasteiger partial charge on any atom is 0.253 e. The van der Waals surface area contributed by atoms with E-state index in [1.807, 2.05) is 17.0 Å². The Hall–Kier alpha value is -3.39. The Kier molecular flexibility index (Phi) is 8.36. The molecule has 0 bridgehead atoms. The molecule has 3 N–H and O–H groups in total. The highest BCUT2D eigenvalue weighted by molar-refractivity contribution is 5.98. The lowest BCUT2D eigenvalue weighted by Crippen LogP contribution is -2.37. The molecule has 2 aromatic carbocycles.